The fourth-order valence-corrected chi connectivity index (χ4v) is 4.26. The van der Waals surface area contributed by atoms with E-state index < -0.39 is 0 Å². The summed E-state index contributed by atoms with van der Waals surface area (Å²) in [5, 5.41) is 3.24. The fourth-order valence-electron chi connectivity index (χ4n) is 3.06. The van der Waals surface area contributed by atoms with Gasteiger partial charge in [-0.1, -0.05) is 13.8 Å². The van der Waals surface area contributed by atoms with Crippen molar-refractivity contribution in [2.75, 3.05) is 11.5 Å². The number of carbonyl (C=O) groups excluding carboxylic acids is 1. The summed E-state index contributed by atoms with van der Waals surface area (Å²) in [5.74, 6) is 3.43. The molecule has 98 valence electrons. The lowest BCUT2D eigenvalue weighted by Crippen LogP contribution is -2.35. The van der Waals surface area contributed by atoms with Gasteiger partial charge in [0.15, 0.2) is 0 Å². The van der Waals surface area contributed by atoms with Crippen LogP contribution in [-0.4, -0.2) is 23.5 Å². The van der Waals surface area contributed by atoms with E-state index in [-0.39, 0.29) is 0 Å². The van der Waals surface area contributed by atoms with Crippen molar-refractivity contribution in [2.45, 2.75) is 58.4 Å². The molecule has 2 fully saturated rings. The summed E-state index contributed by atoms with van der Waals surface area (Å²) in [6.07, 6.45) is 6.79. The molecular formula is C14H25NOS. The highest BCUT2D eigenvalue weighted by atomic mass is 32.2. The Kier molecular flexibility index (Phi) is 4.40. The summed E-state index contributed by atoms with van der Waals surface area (Å²) in [7, 11) is 0. The van der Waals surface area contributed by atoms with Crippen molar-refractivity contribution in [1.82, 2.24) is 5.32 Å². The van der Waals surface area contributed by atoms with E-state index in [0.29, 0.717) is 23.3 Å². The average molecular weight is 255 g/mol. The Bertz CT molecular complexity index is 271. The van der Waals surface area contributed by atoms with E-state index in [1.165, 1.54) is 37.2 Å². The van der Waals surface area contributed by atoms with Crippen LogP contribution in [0.5, 0.6) is 0 Å². The van der Waals surface area contributed by atoms with Crippen LogP contribution >= 0.6 is 11.8 Å². The van der Waals surface area contributed by atoms with Gasteiger partial charge in [0.1, 0.15) is 0 Å². The molecule has 0 aromatic heterocycles. The van der Waals surface area contributed by atoms with E-state index in [0.717, 1.165) is 12.8 Å². The first kappa shape index (κ1) is 13.3. The molecule has 1 unspecified atom stereocenters. The minimum absolute atomic E-state index is 0.296. The molecule has 2 aliphatic rings. The van der Waals surface area contributed by atoms with Gasteiger partial charge in [-0.3, -0.25) is 4.79 Å². The number of thioether (sulfide) groups is 1. The van der Waals surface area contributed by atoms with E-state index in [9.17, 15) is 4.79 Å². The summed E-state index contributed by atoms with van der Waals surface area (Å²) < 4.78 is 0. The highest BCUT2D eigenvalue weighted by molar-refractivity contribution is 7.99. The zero-order valence-electron chi connectivity index (χ0n) is 11.1. The monoisotopic (exact) mass is 255 g/mol. The van der Waals surface area contributed by atoms with Gasteiger partial charge in [0.2, 0.25) is 5.91 Å². The molecular weight excluding hydrogens is 230 g/mol. The molecule has 1 amide bonds. The molecule has 0 radical (unpaired) electrons. The van der Waals surface area contributed by atoms with Gasteiger partial charge in [-0.05, 0) is 54.9 Å². The standard InChI is InChI=1S/C14H25NOS/c1-14(2)6-3-12(10-14)15-13(16)9-11-4-7-17-8-5-11/h11-12H,3-10H2,1-2H3,(H,15,16). The topological polar surface area (TPSA) is 29.1 Å². The molecule has 1 aliphatic heterocycles. The number of carbonyl (C=O) groups is 1. The van der Waals surface area contributed by atoms with Crippen LogP contribution in [0, 0.1) is 11.3 Å². The van der Waals surface area contributed by atoms with Gasteiger partial charge in [0.05, 0.1) is 0 Å². The first-order valence-electron chi connectivity index (χ1n) is 6.92. The first-order valence-corrected chi connectivity index (χ1v) is 8.08. The summed E-state index contributed by atoms with van der Waals surface area (Å²) >= 11 is 2.03. The van der Waals surface area contributed by atoms with Gasteiger partial charge in [-0.2, -0.15) is 11.8 Å². The van der Waals surface area contributed by atoms with Gasteiger partial charge in [-0.25, -0.2) is 0 Å². The quantitative estimate of drug-likeness (QED) is 0.839. The van der Waals surface area contributed by atoms with Gasteiger partial charge in [0, 0.05) is 12.5 Å². The van der Waals surface area contributed by atoms with Crippen LogP contribution in [0.15, 0.2) is 0 Å². The molecule has 0 aromatic carbocycles. The van der Waals surface area contributed by atoms with Crippen molar-refractivity contribution in [3.05, 3.63) is 0 Å². The number of rotatable bonds is 3. The van der Waals surface area contributed by atoms with Gasteiger partial charge < -0.3 is 5.32 Å². The molecule has 1 saturated carbocycles. The molecule has 0 spiro atoms. The van der Waals surface area contributed by atoms with Crippen LogP contribution in [0.3, 0.4) is 0 Å². The van der Waals surface area contributed by atoms with Crippen molar-refractivity contribution >= 4 is 17.7 Å². The highest BCUT2D eigenvalue weighted by Gasteiger charge is 2.31. The van der Waals surface area contributed by atoms with E-state index in [1.54, 1.807) is 0 Å². The Morgan fingerprint density at radius 3 is 2.59 bits per heavy atom. The second-order valence-corrected chi connectivity index (χ2v) is 7.66. The molecule has 1 saturated heterocycles. The maximum atomic E-state index is 12.0. The molecule has 1 atom stereocenters. The van der Waals surface area contributed by atoms with Crippen molar-refractivity contribution < 1.29 is 4.79 Å². The highest BCUT2D eigenvalue weighted by Crippen LogP contribution is 2.37. The third-order valence-electron chi connectivity index (χ3n) is 4.15. The smallest absolute Gasteiger partial charge is 0.220 e. The fraction of sp³-hybridized carbons (Fsp3) is 0.929. The van der Waals surface area contributed by atoms with Crippen molar-refractivity contribution in [2.24, 2.45) is 11.3 Å². The Hall–Kier alpha value is -0.180. The number of hydrogen-bond donors (Lipinski definition) is 1. The van der Waals surface area contributed by atoms with Crippen LogP contribution < -0.4 is 5.32 Å². The van der Waals surface area contributed by atoms with Crippen LogP contribution in [-0.2, 0) is 4.79 Å². The summed E-state index contributed by atoms with van der Waals surface area (Å²) in [5.41, 5.74) is 0.430. The van der Waals surface area contributed by atoms with Crippen LogP contribution in [0.25, 0.3) is 0 Å². The van der Waals surface area contributed by atoms with E-state index in [1.807, 2.05) is 11.8 Å². The van der Waals surface area contributed by atoms with Crippen molar-refractivity contribution in [3.63, 3.8) is 0 Å². The number of nitrogens with one attached hydrogen (secondary N) is 1. The predicted molar refractivity (Wildman–Crippen MR) is 74.2 cm³/mol. The van der Waals surface area contributed by atoms with Gasteiger partial charge >= 0.3 is 0 Å². The molecule has 1 N–H and O–H groups in total. The second-order valence-electron chi connectivity index (χ2n) is 6.43. The van der Waals surface area contributed by atoms with Gasteiger partial charge in [-0.15, -0.1) is 0 Å². The molecule has 1 heterocycles. The van der Waals surface area contributed by atoms with E-state index in [4.69, 9.17) is 0 Å². The lowest BCUT2D eigenvalue weighted by Gasteiger charge is -2.22. The van der Waals surface area contributed by atoms with Crippen LogP contribution in [0.4, 0.5) is 0 Å². The summed E-state index contributed by atoms with van der Waals surface area (Å²) in [4.78, 5) is 12.0. The third-order valence-corrected chi connectivity index (χ3v) is 5.20. The SMILES string of the molecule is CC1(C)CCC(NC(=O)CC2CCSCC2)C1. The third kappa shape index (κ3) is 4.20. The second kappa shape index (κ2) is 5.64. The zero-order valence-corrected chi connectivity index (χ0v) is 11.9. The maximum absolute atomic E-state index is 12.0. The largest absolute Gasteiger partial charge is 0.353 e. The Labute approximate surface area is 109 Å². The minimum atomic E-state index is 0.296. The van der Waals surface area contributed by atoms with Gasteiger partial charge in [0.25, 0.3) is 0 Å². The molecule has 3 heteroatoms. The molecule has 1 aliphatic carbocycles. The van der Waals surface area contributed by atoms with Crippen LogP contribution in [0.1, 0.15) is 52.4 Å². The maximum Gasteiger partial charge on any atom is 0.220 e. The molecule has 17 heavy (non-hydrogen) atoms. The Balaban J connectivity index is 1.70. The van der Waals surface area contributed by atoms with Crippen LogP contribution in [0.2, 0.25) is 0 Å². The van der Waals surface area contributed by atoms with Crippen molar-refractivity contribution in [1.29, 1.82) is 0 Å². The summed E-state index contributed by atoms with van der Waals surface area (Å²) in [6, 6.07) is 0.440. The normalized spacial score (nSPS) is 29.2. The zero-order chi connectivity index (χ0) is 12.3. The summed E-state index contributed by atoms with van der Waals surface area (Å²) in [6.45, 7) is 4.61. The van der Waals surface area contributed by atoms with Crippen molar-refractivity contribution in [3.8, 4) is 0 Å². The molecule has 0 bridgehead atoms. The Morgan fingerprint density at radius 1 is 1.29 bits per heavy atom. The molecule has 2 nitrogen and oxygen atoms in total. The number of hydrogen-bond acceptors (Lipinski definition) is 2. The van der Waals surface area contributed by atoms with E-state index in [2.05, 4.69) is 19.2 Å². The molecule has 0 aromatic rings. The number of amides is 1. The molecule has 2 rings (SSSR count). The predicted octanol–water partition coefficient (Wildman–Crippen LogP) is 3.21. The minimum Gasteiger partial charge on any atom is -0.353 e. The van der Waals surface area contributed by atoms with E-state index >= 15 is 0 Å². The lowest BCUT2D eigenvalue weighted by molar-refractivity contribution is -0.122. The average Bonchev–Trinajstić information content (AvgIpc) is 2.59. The lowest BCUT2D eigenvalue weighted by atomic mass is 9.92. The Morgan fingerprint density at radius 2 is 2.00 bits per heavy atom. The first-order chi connectivity index (χ1) is 8.05.